The van der Waals surface area contributed by atoms with Crippen molar-refractivity contribution in [3.8, 4) is 0 Å². The highest BCUT2D eigenvalue weighted by molar-refractivity contribution is 5.91. The Balaban J connectivity index is 1.60. The first-order valence-corrected chi connectivity index (χ1v) is 10.5. The van der Waals surface area contributed by atoms with Gasteiger partial charge in [-0.2, -0.15) is 0 Å². The molecule has 0 bridgehead atoms. The molecule has 0 aromatic heterocycles. The van der Waals surface area contributed by atoms with Gasteiger partial charge in [-0.1, -0.05) is 45.7 Å². The van der Waals surface area contributed by atoms with E-state index in [2.05, 4.69) is 38.2 Å². The van der Waals surface area contributed by atoms with Gasteiger partial charge in [-0.25, -0.2) is 0 Å². The number of carbonyl (C=O) groups is 2. The zero-order chi connectivity index (χ0) is 20.2. The van der Waals surface area contributed by atoms with Crippen LogP contribution in [0, 0.1) is 5.41 Å². The van der Waals surface area contributed by atoms with E-state index in [4.69, 9.17) is 4.74 Å². The molecular formula is C23H34N2O3. The summed E-state index contributed by atoms with van der Waals surface area (Å²) in [4.78, 5) is 27.4. The number of hydrogen-bond acceptors (Lipinski definition) is 3. The van der Waals surface area contributed by atoms with Crippen molar-refractivity contribution in [2.24, 2.45) is 5.41 Å². The van der Waals surface area contributed by atoms with Gasteiger partial charge >= 0.3 is 0 Å². The molecule has 2 aliphatic rings. The zero-order valence-corrected chi connectivity index (χ0v) is 17.6. The highest BCUT2D eigenvalue weighted by atomic mass is 16.5. The van der Waals surface area contributed by atoms with Gasteiger partial charge in [0.2, 0.25) is 11.8 Å². The van der Waals surface area contributed by atoms with Gasteiger partial charge in [0.05, 0.1) is 13.2 Å². The quantitative estimate of drug-likeness (QED) is 0.828. The molecular weight excluding hydrogens is 352 g/mol. The number of rotatable bonds is 5. The van der Waals surface area contributed by atoms with E-state index in [1.807, 2.05) is 17.0 Å². The third-order valence-corrected chi connectivity index (χ3v) is 6.12. The Labute approximate surface area is 168 Å². The smallest absolute Gasteiger partial charge is 0.224 e. The summed E-state index contributed by atoms with van der Waals surface area (Å²) in [5.74, 6) is 0.188. The topological polar surface area (TPSA) is 58.6 Å². The maximum atomic E-state index is 12.8. The number of hydrogen-bond donors (Lipinski definition) is 1. The van der Waals surface area contributed by atoms with E-state index in [0.29, 0.717) is 39.1 Å². The van der Waals surface area contributed by atoms with Crippen LogP contribution in [0.1, 0.15) is 64.9 Å². The Morgan fingerprint density at radius 1 is 1.04 bits per heavy atom. The third kappa shape index (κ3) is 5.34. The number of anilines is 1. The summed E-state index contributed by atoms with van der Waals surface area (Å²) in [5.41, 5.74) is 1.97. The van der Waals surface area contributed by atoms with E-state index < -0.39 is 0 Å². The van der Waals surface area contributed by atoms with E-state index >= 15 is 0 Å². The fourth-order valence-corrected chi connectivity index (χ4v) is 4.39. The minimum Gasteiger partial charge on any atom is -0.378 e. The molecule has 3 rings (SSSR count). The summed E-state index contributed by atoms with van der Waals surface area (Å²) in [6.07, 6.45) is 5.01. The molecule has 1 heterocycles. The Morgan fingerprint density at radius 2 is 1.64 bits per heavy atom. The standard InChI is InChI=1S/C23H34N2O3/c1-22(2,3)18-6-8-19(9-7-18)24-20(26)16-23(10-4-5-11-23)17-21(27)25-12-14-28-15-13-25/h6-9H,4-5,10-17H2,1-3H3,(H,24,26). The molecule has 5 nitrogen and oxygen atoms in total. The van der Waals surface area contributed by atoms with Crippen molar-refractivity contribution in [1.82, 2.24) is 4.90 Å². The van der Waals surface area contributed by atoms with Gasteiger partial charge in [0, 0.05) is 31.6 Å². The van der Waals surface area contributed by atoms with E-state index in [9.17, 15) is 9.59 Å². The number of nitrogens with one attached hydrogen (secondary N) is 1. The first kappa shape index (κ1) is 20.8. The summed E-state index contributed by atoms with van der Waals surface area (Å²) >= 11 is 0. The van der Waals surface area contributed by atoms with Gasteiger partial charge in [-0.05, 0) is 41.4 Å². The molecule has 1 saturated carbocycles. The van der Waals surface area contributed by atoms with Crippen LogP contribution < -0.4 is 5.32 Å². The molecule has 1 aromatic carbocycles. The van der Waals surface area contributed by atoms with Gasteiger partial charge in [0.25, 0.3) is 0 Å². The number of benzene rings is 1. The third-order valence-electron chi connectivity index (χ3n) is 6.12. The first-order chi connectivity index (χ1) is 13.3. The fraction of sp³-hybridized carbons (Fsp3) is 0.652. The van der Waals surface area contributed by atoms with Crippen molar-refractivity contribution in [2.75, 3.05) is 31.6 Å². The minimum absolute atomic E-state index is 0.0141. The summed E-state index contributed by atoms with van der Waals surface area (Å²) in [6.45, 7) is 9.10. The van der Waals surface area contributed by atoms with Crippen LogP contribution in [0.25, 0.3) is 0 Å². The maximum Gasteiger partial charge on any atom is 0.224 e. The van der Waals surface area contributed by atoms with Crippen LogP contribution >= 0.6 is 0 Å². The van der Waals surface area contributed by atoms with Crippen molar-refractivity contribution < 1.29 is 14.3 Å². The SMILES string of the molecule is CC(C)(C)c1ccc(NC(=O)CC2(CC(=O)N3CCOCC3)CCCC2)cc1. The maximum absolute atomic E-state index is 12.8. The van der Waals surface area contributed by atoms with E-state index in [-0.39, 0.29) is 22.6 Å². The monoisotopic (exact) mass is 386 g/mol. The van der Waals surface area contributed by atoms with Gasteiger partial charge in [0.1, 0.15) is 0 Å². The second kappa shape index (κ2) is 8.64. The summed E-state index contributed by atoms with van der Waals surface area (Å²) in [7, 11) is 0. The Bertz CT molecular complexity index is 679. The second-order valence-electron chi connectivity index (χ2n) is 9.43. The van der Waals surface area contributed by atoms with Crippen LogP contribution in [0.2, 0.25) is 0 Å². The van der Waals surface area contributed by atoms with E-state index in [0.717, 1.165) is 31.4 Å². The molecule has 5 heteroatoms. The molecule has 1 saturated heterocycles. The highest BCUT2D eigenvalue weighted by Crippen LogP contribution is 2.44. The Hall–Kier alpha value is -1.88. The van der Waals surface area contributed by atoms with Gasteiger partial charge < -0.3 is 15.0 Å². The molecule has 0 atom stereocenters. The molecule has 2 amide bonds. The lowest BCUT2D eigenvalue weighted by atomic mass is 9.78. The lowest BCUT2D eigenvalue weighted by molar-refractivity contribution is -0.138. The highest BCUT2D eigenvalue weighted by Gasteiger charge is 2.39. The predicted molar refractivity (Wildman–Crippen MR) is 111 cm³/mol. The first-order valence-electron chi connectivity index (χ1n) is 10.5. The number of nitrogens with zero attached hydrogens (tertiary/aromatic N) is 1. The van der Waals surface area contributed by atoms with Crippen LogP contribution in [-0.2, 0) is 19.7 Å². The normalized spacial score (nSPS) is 19.5. The van der Waals surface area contributed by atoms with Crippen LogP contribution in [0.4, 0.5) is 5.69 Å². The molecule has 1 aliphatic heterocycles. The lowest BCUT2D eigenvalue weighted by Gasteiger charge is -2.33. The van der Waals surface area contributed by atoms with Crippen molar-refractivity contribution in [3.05, 3.63) is 29.8 Å². The molecule has 0 radical (unpaired) electrons. The zero-order valence-electron chi connectivity index (χ0n) is 17.6. The van der Waals surface area contributed by atoms with Crippen molar-refractivity contribution >= 4 is 17.5 Å². The van der Waals surface area contributed by atoms with Gasteiger partial charge in [-0.15, -0.1) is 0 Å². The van der Waals surface area contributed by atoms with Crippen LogP contribution in [-0.4, -0.2) is 43.0 Å². The number of carbonyl (C=O) groups excluding carboxylic acids is 2. The fourth-order valence-electron chi connectivity index (χ4n) is 4.39. The molecule has 0 spiro atoms. The molecule has 0 unspecified atom stereocenters. The van der Waals surface area contributed by atoms with Crippen LogP contribution in [0.3, 0.4) is 0 Å². The number of ether oxygens (including phenoxy) is 1. The average molecular weight is 387 g/mol. The lowest BCUT2D eigenvalue weighted by Crippen LogP contribution is -2.43. The Morgan fingerprint density at radius 3 is 2.21 bits per heavy atom. The van der Waals surface area contributed by atoms with E-state index in [1.54, 1.807) is 0 Å². The van der Waals surface area contributed by atoms with Crippen LogP contribution in [0.15, 0.2) is 24.3 Å². The van der Waals surface area contributed by atoms with Crippen molar-refractivity contribution in [3.63, 3.8) is 0 Å². The number of amides is 2. The van der Waals surface area contributed by atoms with Crippen molar-refractivity contribution in [1.29, 1.82) is 0 Å². The molecule has 1 N–H and O–H groups in total. The summed E-state index contributed by atoms with van der Waals surface area (Å²) in [5, 5.41) is 3.04. The summed E-state index contributed by atoms with van der Waals surface area (Å²) in [6, 6.07) is 8.09. The largest absolute Gasteiger partial charge is 0.378 e. The molecule has 154 valence electrons. The summed E-state index contributed by atoms with van der Waals surface area (Å²) < 4.78 is 5.35. The predicted octanol–water partition coefficient (Wildman–Crippen LogP) is 4.12. The number of morpholine rings is 1. The molecule has 1 aliphatic carbocycles. The second-order valence-corrected chi connectivity index (χ2v) is 9.43. The van der Waals surface area contributed by atoms with Crippen LogP contribution in [0.5, 0.6) is 0 Å². The van der Waals surface area contributed by atoms with Crippen molar-refractivity contribution in [2.45, 2.75) is 64.7 Å². The Kier molecular flexibility index (Phi) is 6.43. The molecule has 1 aromatic rings. The van der Waals surface area contributed by atoms with E-state index in [1.165, 1.54) is 5.56 Å². The minimum atomic E-state index is -0.190. The van der Waals surface area contributed by atoms with Gasteiger partial charge in [0.15, 0.2) is 0 Å². The molecule has 28 heavy (non-hydrogen) atoms. The molecule has 2 fully saturated rings. The van der Waals surface area contributed by atoms with Gasteiger partial charge in [-0.3, -0.25) is 9.59 Å². The average Bonchev–Trinajstić information content (AvgIpc) is 3.09.